The Kier molecular flexibility index (Phi) is 8.41. The van der Waals surface area contributed by atoms with E-state index in [-0.39, 0.29) is 18.4 Å². The Morgan fingerprint density at radius 3 is 2.20 bits per heavy atom. The van der Waals surface area contributed by atoms with Crippen molar-refractivity contribution in [2.24, 2.45) is 5.92 Å². The first-order valence-electron chi connectivity index (χ1n) is 9.95. The molecule has 2 aromatic rings. The molecule has 7 nitrogen and oxygen atoms in total. The van der Waals surface area contributed by atoms with Crippen LogP contribution in [0.1, 0.15) is 41.8 Å². The molecule has 0 aliphatic heterocycles. The maximum absolute atomic E-state index is 12.6. The third-order valence-corrected chi connectivity index (χ3v) is 4.71. The van der Waals surface area contributed by atoms with Crippen LogP contribution in [0.5, 0.6) is 5.75 Å². The minimum atomic E-state index is -0.789. The standard InChI is InChI=1S/C23H29N3O4/c1-5-17(4)21(24-22(28)18-9-7-6-8-10-18)23(29)26-25-20(27)14-30-19-12-15(2)11-16(3)13-19/h6-13,17,21H,5,14H2,1-4H3,(H,24,28)(H,25,27)(H,26,29)/t17-,21-/m0/s1. The fourth-order valence-corrected chi connectivity index (χ4v) is 2.93. The van der Waals surface area contributed by atoms with Crippen molar-refractivity contribution in [1.82, 2.24) is 16.2 Å². The van der Waals surface area contributed by atoms with Gasteiger partial charge in [-0.15, -0.1) is 0 Å². The molecule has 7 heteroatoms. The fourth-order valence-electron chi connectivity index (χ4n) is 2.93. The molecular weight excluding hydrogens is 382 g/mol. The van der Waals surface area contributed by atoms with Crippen LogP contribution in [0.4, 0.5) is 0 Å². The molecule has 3 amide bonds. The van der Waals surface area contributed by atoms with Crippen molar-refractivity contribution in [3.8, 4) is 5.75 Å². The summed E-state index contributed by atoms with van der Waals surface area (Å²) in [5.41, 5.74) is 7.25. The van der Waals surface area contributed by atoms with Crippen LogP contribution in [0.25, 0.3) is 0 Å². The normalized spacial score (nSPS) is 12.4. The van der Waals surface area contributed by atoms with Gasteiger partial charge in [-0.25, -0.2) is 0 Å². The van der Waals surface area contributed by atoms with Gasteiger partial charge < -0.3 is 10.1 Å². The van der Waals surface area contributed by atoms with E-state index in [1.807, 2.05) is 52.0 Å². The van der Waals surface area contributed by atoms with Crippen molar-refractivity contribution in [1.29, 1.82) is 0 Å². The highest BCUT2D eigenvalue weighted by Crippen LogP contribution is 2.16. The molecule has 0 saturated heterocycles. The number of carbonyl (C=O) groups is 3. The summed E-state index contributed by atoms with van der Waals surface area (Å²) in [4.78, 5) is 37.1. The molecule has 0 unspecified atom stereocenters. The lowest BCUT2D eigenvalue weighted by Crippen LogP contribution is -2.55. The summed E-state index contributed by atoms with van der Waals surface area (Å²) in [6.07, 6.45) is 0.678. The highest BCUT2D eigenvalue weighted by Gasteiger charge is 2.26. The number of amides is 3. The van der Waals surface area contributed by atoms with E-state index in [9.17, 15) is 14.4 Å². The van der Waals surface area contributed by atoms with Gasteiger partial charge in [-0.3, -0.25) is 25.2 Å². The van der Waals surface area contributed by atoms with Crippen molar-refractivity contribution in [3.05, 3.63) is 65.2 Å². The molecule has 0 aromatic heterocycles. The van der Waals surface area contributed by atoms with Crippen molar-refractivity contribution in [2.75, 3.05) is 6.61 Å². The van der Waals surface area contributed by atoms with E-state index in [0.717, 1.165) is 11.1 Å². The second kappa shape index (κ2) is 11.0. The molecule has 30 heavy (non-hydrogen) atoms. The molecule has 2 aromatic carbocycles. The molecule has 0 heterocycles. The lowest BCUT2D eigenvalue weighted by molar-refractivity contribution is -0.131. The smallest absolute Gasteiger partial charge is 0.276 e. The second-order valence-corrected chi connectivity index (χ2v) is 7.35. The monoisotopic (exact) mass is 411 g/mol. The third-order valence-electron chi connectivity index (χ3n) is 4.71. The Bertz CT molecular complexity index is 863. The van der Waals surface area contributed by atoms with Crippen LogP contribution in [0.3, 0.4) is 0 Å². The molecule has 3 N–H and O–H groups in total. The third kappa shape index (κ3) is 6.92. The summed E-state index contributed by atoms with van der Waals surface area (Å²) in [5, 5.41) is 2.74. The maximum Gasteiger partial charge on any atom is 0.276 e. The zero-order valence-electron chi connectivity index (χ0n) is 17.8. The molecule has 160 valence electrons. The van der Waals surface area contributed by atoms with E-state index in [4.69, 9.17) is 4.74 Å². The molecule has 0 aliphatic carbocycles. The molecular formula is C23H29N3O4. The second-order valence-electron chi connectivity index (χ2n) is 7.35. The van der Waals surface area contributed by atoms with Crippen LogP contribution in [-0.4, -0.2) is 30.4 Å². The number of carbonyl (C=O) groups excluding carboxylic acids is 3. The number of benzene rings is 2. The average molecular weight is 412 g/mol. The Morgan fingerprint density at radius 1 is 0.967 bits per heavy atom. The highest BCUT2D eigenvalue weighted by molar-refractivity contribution is 5.97. The van der Waals surface area contributed by atoms with Crippen molar-refractivity contribution < 1.29 is 19.1 Å². The summed E-state index contributed by atoms with van der Waals surface area (Å²) in [7, 11) is 0. The van der Waals surface area contributed by atoms with E-state index < -0.39 is 17.9 Å². The predicted molar refractivity (Wildman–Crippen MR) is 115 cm³/mol. The first-order chi connectivity index (χ1) is 14.3. The van der Waals surface area contributed by atoms with Gasteiger partial charge in [-0.1, -0.05) is 44.5 Å². The molecule has 2 atom stereocenters. The summed E-state index contributed by atoms with van der Waals surface area (Å²) in [5.74, 6) is -0.878. The van der Waals surface area contributed by atoms with E-state index >= 15 is 0 Å². The quantitative estimate of drug-likeness (QED) is 0.582. The number of hydrazine groups is 1. The highest BCUT2D eigenvalue weighted by atomic mass is 16.5. The van der Waals surface area contributed by atoms with Gasteiger partial charge in [0.2, 0.25) is 0 Å². The summed E-state index contributed by atoms with van der Waals surface area (Å²) < 4.78 is 5.48. The van der Waals surface area contributed by atoms with Gasteiger partial charge >= 0.3 is 0 Å². The van der Waals surface area contributed by atoms with Crippen molar-refractivity contribution in [2.45, 2.75) is 40.2 Å². The zero-order chi connectivity index (χ0) is 22.1. The Balaban J connectivity index is 1.90. The number of ether oxygens (including phenoxy) is 1. The van der Waals surface area contributed by atoms with Gasteiger partial charge in [-0.2, -0.15) is 0 Å². The van der Waals surface area contributed by atoms with Gasteiger partial charge in [0.15, 0.2) is 6.61 Å². The zero-order valence-corrected chi connectivity index (χ0v) is 17.8. The molecule has 0 radical (unpaired) electrons. The molecule has 0 fully saturated rings. The van der Waals surface area contributed by atoms with E-state index in [1.165, 1.54) is 0 Å². The first kappa shape index (κ1) is 22.9. The average Bonchev–Trinajstić information content (AvgIpc) is 2.73. The predicted octanol–water partition coefficient (Wildman–Crippen LogP) is 2.67. The Morgan fingerprint density at radius 2 is 1.60 bits per heavy atom. The number of nitrogens with one attached hydrogen (secondary N) is 3. The number of rotatable bonds is 8. The Labute approximate surface area is 177 Å². The molecule has 0 spiro atoms. The van der Waals surface area contributed by atoms with Gasteiger partial charge in [0, 0.05) is 5.56 Å². The Hall–Kier alpha value is -3.35. The number of hydrogen-bond donors (Lipinski definition) is 3. The fraction of sp³-hybridized carbons (Fsp3) is 0.348. The lowest BCUT2D eigenvalue weighted by Gasteiger charge is -2.23. The first-order valence-corrected chi connectivity index (χ1v) is 9.95. The minimum Gasteiger partial charge on any atom is -0.484 e. The van der Waals surface area contributed by atoms with Crippen LogP contribution in [0.2, 0.25) is 0 Å². The SMILES string of the molecule is CC[C@H](C)[C@H](NC(=O)c1ccccc1)C(=O)NNC(=O)COc1cc(C)cc(C)c1. The summed E-state index contributed by atoms with van der Waals surface area (Å²) >= 11 is 0. The molecule has 0 saturated carbocycles. The number of aryl methyl sites for hydroxylation is 2. The minimum absolute atomic E-state index is 0.124. The van der Waals surface area contributed by atoms with Gasteiger partial charge in [0.1, 0.15) is 11.8 Å². The van der Waals surface area contributed by atoms with Crippen LogP contribution in [0, 0.1) is 19.8 Å². The topological polar surface area (TPSA) is 96.5 Å². The largest absolute Gasteiger partial charge is 0.484 e. The van der Waals surface area contributed by atoms with Crippen LogP contribution >= 0.6 is 0 Å². The van der Waals surface area contributed by atoms with Gasteiger partial charge in [0.25, 0.3) is 17.7 Å². The van der Waals surface area contributed by atoms with Crippen LogP contribution in [-0.2, 0) is 9.59 Å². The van der Waals surface area contributed by atoms with E-state index in [2.05, 4.69) is 16.2 Å². The maximum atomic E-state index is 12.6. The summed E-state index contributed by atoms with van der Waals surface area (Å²) in [6, 6.07) is 13.5. The van der Waals surface area contributed by atoms with E-state index in [1.54, 1.807) is 24.3 Å². The number of hydrogen-bond acceptors (Lipinski definition) is 4. The summed E-state index contributed by atoms with van der Waals surface area (Å²) in [6.45, 7) is 7.43. The molecule has 0 bridgehead atoms. The van der Waals surface area contributed by atoms with Crippen molar-refractivity contribution in [3.63, 3.8) is 0 Å². The molecule has 0 aliphatic rings. The van der Waals surface area contributed by atoms with Crippen LogP contribution < -0.4 is 20.9 Å². The van der Waals surface area contributed by atoms with Crippen molar-refractivity contribution >= 4 is 17.7 Å². The van der Waals surface area contributed by atoms with E-state index in [0.29, 0.717) is 17.7 Å². The lowest BCUT2D eigenvalue weighted by atomic mass is 9.98. The van der Waals surface area contributed by atoms with Gasteiger partial charge in [-0.05, 0) is 55.2 Å². The van der Waals surface area contributed by atoms with Crippen LogP contribution in [0.15, 0.2) is 48.5 Å². The molecule has 2 rings (SSSR count). The van der Waals surface area contributed by atoms with Gasteiger partial charge in [0.05, 0.1) is 0 Å².